The van der Waals surface area contributed by atoms with Crippen molar-refractivity contribution >= 4 is 87.0 Å². The van der Waals surface area contributed by atoms with E-state index in [0.29, 0.717) is 17.1 Å². The summed E-state index contributed by atoms with van der Waals surface area (Å²) in [5.74, 6) is 0.645. The van der Waals surface area contributed by atoms with Gasteiger partial charge in [0, 0.05) is 38.2 Å². The monoisotopic (exact) mass is 700 g/mol. The molecule has 0 atom stereocenters. The normalized spacial score (nSPS) is 11.6. The third kappa shape index (κ3) is 5.34. The number of fused-ring (bicyclic) bond motifs is 22. The SMILES string of the molecule is c1ccc(-c2nc3nc(n2)c2cccc(c2)c2cccc(c2)c2cc(cc4c5ccccc5n(-c5ccccc5)c24)c2cccc(c2)c2cccc3c2)cc1. The van der Waals surface area contributed by atoms with Crippen molar-refractivity contribution in [3.05, 3.63) is 194 Å². The summed E-state index contributed by atoms with van der Waals surface area (Å²) in [6.45, 7) is 0. The molecule has 55 heavy (non-hydrogen) atoms. The smallest absolute Gasteiger partial charge is 0.164 e. The van der Waals surface area contributed by atoms with E-state index in [1.54, 1.807) is 0 Å². The van der Waals surface area contributed by atoms with E-state index in [2.05, 4.69) is 168 Å². The molecule has 0 amide bonds. The van der Waals surface area contributed by atoms with E-state index in [4.69, 9.17) is 15.0 Å². The Morgan fingerprint density at radius 3 is 1.42 bits per heavy atom. The maximum Gasteiger partial charge on any atom is 0.164 e. The molecule has 4 nitrogen and oxygen atoms in total. The van der Waals surface area contributed by atoms with Crippen LogP contribution in [0.15, 0.2) is 194 Å². The molecule has 0 N–H and O–H groups in total. The van der Waals surface area contributed by atoms with Crippen molar-refractivity contribution in [2.24, 2.45) is 0 Å². The van der Waals surface area contributed by atoms with Gasteiger partial charge in [0.05, 0.1) is 11.0 Å². The van der Waals surface area contributed by atoms with Crippen LogP contribution in [0, 0.1) is 0 Å². The zero-order valence-electron chi connectivity index (χ0n) is 29.8. The van der Waals surface area contributed by atoms with Crippen LogP contribution in [0.1, 0.15) is 0 Å². The molecule has 0 radical (unpaired) electrons. The van der Waals surface area contributed by atoms with Crippen LogP contribution in [0.4, 0.5) is 0 Å². The third-order valence-corrected chi connectivity index (χ3v) is 10.7. The first kappa shape index (κ1) is 31.1. The predicted molar refractivity (Wildman–Crippen MR) is 231 cm³/mol. The van der Waals surface area contributed by atoms with Crippen LogP contribution in [-0.4, -0.2) is 19.5 Å². The Labute approximate surface area is 316 Å². The van der Waals surface area contributed by atoms with Gasteiger partial charge in [-0.3, -0.25) is 0 Å². The summed E-state index contributed by atoms with van der Waals surface area (Å²) in [5, 5.41) is 13.4. The molecule has 0 spiro atoms. The lowest BCUT2D eigenvalue weighted by Gasteiger charge is -2.10. The zero-order chi connectivity index (χ0) is 36.3. The van der Waals surface area contributed by atoms with Crippen LogP contribution in [0.5, 0.6) is 0 Å². The van der Waals surface area contributed by atoms with Crippen LogP contribution in [0.2, 0.25) is 0 Å². The Balaban J connectivity index is 1.36. The third-order valence-electron chi connectivity index (χ3n) is 10.7. The minimum atomic E-state index is 0.636. The molecule has 0 saturated carbocycles. The molecule has 8 aromatic carbocycles. The highest BCUT2D eigenvalue weighted by Gasteiger charge is 2.15. The molecule has 3 aromatic heterocycles. The van der Waals surface area contributed by atoms with Gasteiger partial charge in [-0.1, -0.05) is 140 Å². The van der Waals surface area contributed by atoms with Crippen molar-refractivity contribution in [2.45, 2.75) is 0 Å². The summed E-state index contributed by atoms with van der Waals surface area (Å²) in [4.78, 5) is 15.2. The van der Waals surface area contributed by atoms with Crippen molar-refractivity contribution in [1.82, 2.24) is 19.5 Å². The molecule has 11 rings (SSSR count). The second kappa shape index (κ2) is 12.6. The van der Waals surface area contributed by atoms with Crippen LogP contribution in [0.3, 0.4) is 0 Å². The molecule has 0 aliphatic carbocycles. The van der Waals surface area contributed by atoms with Gasteiger partial charge < -0.3 is 4.57 Å². The Kier molecular flexibility index (Phi) is 7.14. The Bertz CT molecular complexity index is 3420. The molecule has 12 bridgehead atoms. The molecule has 256 valence electrons. The summed E-state index contributed by atoms with van der Waals surface area (Å²) in [6, 6.07) is 69.3. The van der Waals surface area contributed by atoms with Gasteiger partial charge in [0.1, 0.15) is 0 Å². The second-order valence-corrected chi connectivity index (χ2v) is 14.1. The van der Waals surface area contributed by atoms with Crippen molar-refractivity contribution < 1.29 is 0 Å². The topological polar surface area (TPSA) is 43.6 Å². The van der Waals surface area contributed by atoms with Crippen LogP contribution in [-0.2, 0) is 0 Å². The van der Waals surface area contributed by atoms with Crippen molar-refractivity contribution in [3.8, 4) is 17.1 Å². The van der Waals surface area contributed by atoms with Crippen LogP contribution in [0.25, 0.3) is 104 Å². The lowest BCUT2D eigenvalue weighted by Crippen LogP contribution is -1.94. The summed E-state index contributed by atoms with van der Waals surface area (Å²) < 4.78 is 2.42. The molecule has 0 aliphatic heterocycles. The van der Waals surface area contributed by atoms with Crippen molar-refractivity contribution in [2.75, 3.05) is 0 Å². The van der Waals surface area contributed by atoms with E-state index >= 15 is 0 Å². The van der Waals surface area contributed by atoms with Crippen molar-refractivity contribution in [3.63, 3.8) is 0 Å². The summed E-state index contributed by atoms with van der Waals surface area (Å²) in [5.41, 5.74) is 5.72. The molecule has 0 unspecified atom stereocenters. The van der Waals surface area contributed by atoms with Gasteiger partial charge in [0.15, 0.2) is 17.1 Å². The number of rotatable bonds is 2. The molecule has 3 heterocycles. The van der Waals surface area contributed by atoms with Gasteiger partial charge in [0.25, 0.3) is 0 Å². The largest absolute Gasteiger partial charge is 0.309 e. The minimum absolute atomic E-state index is 0.636. The highest BCUT2D eigenvalue weighted by Crippen LogP contribution is 2.38. The van der Waals surface area contributed by atoms with Gasteiger partial charge in [-0.05, 0) is 92.3 Å². The fraction of sp³-hybridized carbons (Fsp3) is 0. The molecule has 0 saturated heterocycles. The standard InChI is InChI=1S/C51H32N4/c1-3-13-33(14-4-1)49-52-50-40-21-11-17-36(29-40)34-15-9-19-38(27-34)42-31-45(39-20-10-16-35(28-39)37-18-12-22-41(30-37)51(53-49)54-50)48-46(32-42)44-25-7-8-26-47(44)55(48)43-23-5-2-6-24-43/h1-32H. The number of aromatic nitrogens is 4. The van der Waals surface area contributed by atoms with Crippen molar-refractivity contribution in [1.29, 1.82) is 0 Å². The maximum absolute atomic E-state index is 5.12. The average Bonchev–Trinajstić information content (AvgIpc) is 3.61. The molecular formula is C51H32N4. The second-order valence-electron chi connectivity index (χ2n) is 14.1. The first-order chi connectivity index (χ1) is 27.2. The minimum Gasteiger partial charge on any atom is -0.309 e. The van der Waals surface area contributed by atoms with E-state index in [-0.39, 0.29) is 0 Å². The van der Waals surface area contributed by atoms with E-state index in [1.165, 1.54) is 32.6 Å². The number of hydrogen-bond acceptors (Lipinski definition) is 3. The van der Waals surface area contributed by atoms with Crippen LogP contribution < -0.4 is 0 Å². The quantitative estimate of drug-likeness (QED) is 0.180. The first-order valence-corrected chi connectivity index (χ1v) is 18.6. The lowest BCUT2D eigenvalue weighted by molar-refractivity contribution is 1.18. The van der Waals surface area contributed by atoms with E-state index in [1.807, 2.05) is 30.3 Å². The van der Waals surface area contributed by atoms with Crippen LogP contribution >= 0.6 is 0 Å². The molecule has 11 aromatic rings. The average molecular weight is 701 g/mol. The van der Waals surface area contributed by atoms with E-state index in [0.717, 1.165) is 54.3 Å². The number of para-hydroxylation sites is 2. The molecule has 0 fully saturated rings. The highest BCUT2D eigenvalue weighted by atomic mass is 15.0. The summed E-state index contributed by atoms with van der Waals surface area (Å²) in [6.07, 6.45) is 0. The maximum atomic E-state index is 5.12. The van der Waals surface area contributed by atoms with Gasteiger partial charge in [-0.15, -0.1) is 0 Å². The van der Waals surface area contributed by atoms with E-state index < -0.39 is 0 Å². The number of hydrogen-bond donors (Lipinski definition) is 0. The Morgan fingerprint density at radius 2 is 0.782 bits per heavy atom. The lowest BCUT2D eigenvalue weighted by atomic mass is 10.0. The fourth-order valence-corrected chi connectivity index (χ4v) is 8.10. The summed E-state index contributed by atoms with van der Waals surface area (Å²) in [7, 11) is 0. The fourth-order valence-electron chi connectivity index (χ4n) is 8.10. The number of nitrogens with zero attached hydrogens (tertiary/aromatic N) is 4. The molecule has 0 aliphatic rings. The highest BCUT2D eigenvalue weighted by molar-refractivity contribution is 6.21. The Morgan fingerprint density at radius 1 is 0.309 bits per heavy atom. The molecule has 4 heteroatoms. The number of benzene rings is 8. The Hall–Kier alpha value is -7.43. The zero-order valence-corrected chi connectivity index (χ0v) is 29.8. The van der Waals surface area contributed by atoms with Gasteiger partial charge >= 0.3 is 0 Å². The van der Waals surface area contributed by atoms with Gasteiger partial charge in [-0.25, -0.2) is 15.0 Å². The molecular weight excluding hydrogens is 669 g/mol. The predicted octanol–water partition coefficient (Wildman–Crippen LogP) is 13.2. The van der Waals surface area contributed by atoms with Gasteiger partial charge in [0.2, 0.25) is 0 Å². The van der Waals surface area contributed by atoms with E-state index in [9.17, 15) is 0 Å². The first-order valence-electron chi connectivity index (χ1n) is 18.6. The summed E-state index contributed by atoms with van der Waals surface area (Å²) >= 11 is 0. The van der Waals surface area contributed by atoms with Gasteiger partial charge in [-0.2, -0.15) is 0 Å².